The van der Waals surface area contributed by atoms with Crippen molar-refractivity contribution in [2.45, 2.75) is 39.7 Å². The summed E-state index contributed by atoms with van der Waals surface area (Å²) in [6, 6.07) is 20.7. The fourth-order valence-electron chi connectivity index (χ4n) is 3.72. The van der Waals surface area contributed by atoms with Crippen molar-refractivity contribution in [3.05, 3.63) is 77.4 Å². The summed E-state index contributed by atoms with van der Waals surface area (Å²) in [4.78, 5) is 15.2. The predicted octanol–water partition coefficient (Wildman–Crippen LogP) is 5.53. The molecule has 28 heavy (non-hydrogen) atoms. The Kier molecular flexibility index (Phi) is 6.15. The molecule has 2 unspecified atom stereocenters. The molecule has 0 aromatic heterocycles. The van der Waals surface area contributed by atoms with Gasteiger partial charge in [-0.15, -0.1) is 0 Å². The lowest BCUT2D eigenvalue weighted by Gasteiger charge is -2.24. The van der Waals surface area contributed by atoms with Gasteiger partial charge < -0.3 is 10.2 Å². The molecule has 0 fully saturated rings. The first kappa shape index (κ1) is 20.1. The molecule has 1 N–H and O–H groups in total. The summed E-state index contributed by atoms with van der Waals surface area (Å²) in [5.74, 6) is 0.437. The summed E-state index contributed by atoms with van der Waals surface area (Å²) in [5.41, 5.74) is 4.32. The molecule has 3 aromatic rings. The van der Waals surface area contributed by atoms with Gasteiger partial charge in [0, 0.05) is 23.2 Å². The van der Waals surface area contributed by atoms with E-state index in [4.69, 9.17) is 0 Å². The molecule has 3 aromatic carbocycles. The number of nitrogens with zero attached hydrogens (tertiary/aromatic N) is 1. The highest BCUT2D eigenvalue weighted by atomic mass is 16.2. The summed E-state index contributed by atoms with van der Waals surface area (Å²) in [6.45, 7) is 9.58. The summed E-state index contributed by atoms with van der Waals surface area (Å²) in [6.07, 6.45) is 0. The largest absolute Gasteiger partial charge is 0.320 e. The highest BCUT2D eigenvalue weighted by molar-refractivity contribution is 6.09. The maximum absolute atomic E-state index is 13.2. The fraction of sp³-hybridized carbons (Fsp3) is 0.320. The van der Waals surface area contributed by atoms with Crippen molar-refractivity contribution in [2.75, 3.05) is 18.5 Å². The van der Waals surface area contributed by atoms with Crippen molar-refractivity contribution >= 4 is 22.4 Å². The smallest absolute Gasteiger partial charge is 0.258 e. The van der Waals surface area contributed by atoms with Gasteiger partial charge in [0.1, 0.15) is 0 Å². The third kappa shape index (κ3) is 3.81. The molecule has 0 bridgehead atoms. The number of carbonyl (C=O) groups excluding carboxylic acids is 1. The van der Waals surface area contributed by atoms with Crippen LogP contribution < -0.4 is 10.2 Å². The van der Waals surface area contributed by atoms with Crippen LogP contribution in [-0.4, -0.2) is 25.5 Å². The van der Waals surface area contributed by atoms with Gasteiger partial charge in [0.05, 0.1) is 0 Å². The maximum Gasteiger partial charge on any atom is 0.258 e. The third-order valence-electron chi connectivity index (χ3n) is 5.63. The number of hydrogen-bond acceptors (Lipinski definition) is 2. The molecule has 3 nitrogen and oxygen atoms in total. The number of fused-ring (bicyclic) bond motifs is 2. The first-order chi connectivity index (χ1) is 13.5. The van der Waals surface area contributed by atoms with Gasteiger partial charge in [-0.1, -0.05) is 61.9 Å². The Bertz CT molecular complexity index is 977. The van der Waals surface area contributed by atoms with Crippen LogP contribution in [-0.2, 0) is 0 Å². The van der Waals surface area contributed by atoms with Crippen LogP contribution >= 0.6 is 0 Å². The van der Waals surface area contributed by atoms with Crippen molar-refractivity contribution in [3.63, 3.8) is 0 Å². The van der Waals surface area contributed by atoms with Crippen molar-refractivity contribution < 1.29 is 4.79 Å². The summed E-state index contributed by atoms with van der Waals surface area (Å²) < 4.78 is 0. The van der Waals surface area contributed by atoms with E-state index in [1.54, 1.807) is 0 Å². The molecule has 146 valence electrons. The monoisotopic (exact) mass is 374 g/mol. The van der Waals surface area contributed by atoms with E-state index < -0.39 is 0 Å². The zero-order valence-electron chi connectivity index (χ0n) is 17.5. The molecule has 0 aliphatic carbocycles. The topological polar surface area (TPSA) is 32.3 Å². The quantitative estimate of drug-likeness (QED) is 0.640. The number of nitrogens with one attached hydrogen (secondary N) is 1. The number of carbonyl (C=O) groups is 1. The fourth-order valence-corrected chi connectivity index (χ4v) is 3.72. The number of rotatable bonds is 2. The molecule has 1 aliphatic heterocycles. The first-order valence-electron chi connectivity index (χ1n) is 10.1. The van der Waals surface area contributed by atoms with Crippen LogP contribution in [0.4, 0.5) is 5.69 Å². The van der Waals surface area contributed by atoms with Crippen LogP contribution in [0.1, 0.15) is 48.2 Å². The van der Waals surface area contributed by atoms with Crippen LogP contribution in [0.2, 0.25) is 0 Å². The predicted molar refractivity (Wildman–Crippen MR) is 119 cm³/mol. The standard InChI is InChI=1S/C22H21NO.C3H9N/c1-14-8-11-21-20(12-14)15(2)16(3)23(21)22(24)19-10-9-17-6-4-5-7-18(17)13-19;1-3-4-2/h4-13,15-16H,1-3H3;4H,3H2,1-2H3. The van der Waals surface area contributed by atoms with Gasteiger partial charge in [0.15, 0.2) is 0 Å². The van der Waals surface area contributed by atoms with Gasteiger partial charge in [0.2, 0.25) is 0 Å². The van der Waals surface area contributed by atoms with Gasteiger partial charge in [-0.2, -0.15) is 0 Å². The van der Waals surface area contributed by atoms with Gasteiger partial charge >= 0.3 is 0 Å². The second kappa shape index (κ2) is 8.57. The van der Waals surface area contributed by atoms with E-state index in [0.717, 1.165) is 28.6 Å². The highest BCUT2D eigenvalue weighted by Crippen LogP contribution is 2.41. The second-order valence-corrected chi connectivity index (χ2v) is 7.54. The molecule has 0 saturated heterocycles. The number of benzene rings is 3. The maximum atomic E-state index is 13.2. The number of hydrogen-bond donors (Lipinski definition) is 1. The Balaban J connectivity index is 0.000000516. The Morgan fingerprint density at radius 3 is 2.36 bits per heavy atom. The van der Waals surface area contributed by atoms with Crippen LogP contribution in [0.25, 0.3) is 10.8 Å². The number of aryl methyl sites for hydroxylation is 1. The minimum atomic E-state index is 0.0858. The minimum Gasteiger partial charge on any atom is -0.320 e. The molecular weight excluding hydrogens is 344 g/mol. The molecular formula is C25H30N2O. The molecule has 1 amide bonds. The number of amides is 1. The summed E-state index contributed by atoms with van der Waals surface area (Å²) in [5, 5.41) is 5.19. The molecule has 4 rings (SSSR count). The van der Waals surface area contributed by atoms with E-state index in [-0.39, 0.29) is 11.9 Å². The zero-order chi connectivity index (χ0) is 20.3. The lowest BCUT2D eigenvalue weighted by molar-refractivity contribution is 0.0979. The summed E-state index contributed by atoms with van der Waals surface area (Å²) >= 11 is 0. The third-order valence-corrected chi connectivity index (χ3v) is 5.63. The van der Waals surface area contributed by atoms with E-state index >= 15 is 0 Å². The van der Waals surface area contributed by atoms with Crippen molar-refractivity contribution in [3.8, 4) is 0 Å². The Labute approximate surface area is 168 Å². The second-order valence-electron chi connectivity index (χ2n) is 7.54. The molecule has 1 heterocycles. The highest BCUT2D eigenvalue weighted by Gasteiger charge is 2.36. The van der Waals surface area contributed by atoms with Crippen LogP contribution in [0, 0.1) is 6.92 Å². The lowest BCUT2D eigenvalue weighted by Crippen LogP contribution is -2.36. The normalized spacial score (nSPS) is 17.8. The molecule has 0 spiro atoms. The van der Waals surface area contributed by atoms with Crippen LogP contribution in [0.3, 0.4) is 0 Å². The van der Waals surface area contributed by atoms with Gasteiger partial charge in [-0.05, 0) is 62.0 Å². The minimum absolute atomic E-state index is 0.0858. The van der Waals surface area contributed by atoms with Crippen molar-refractivity contribution in [1.82, 2.24) is 5.32 Å². The number of anilines is 1. The molecule has 1 aliphatic rings. The van der Waals surface area contributed by atoms with E-state index in [0.29, 0.717) is 5.92 Å². The van der Waals surface area contributed by atoms with Crippen molar-refractivity contribution in [2.24, 2.45) is 0 Å². The average Bonchev–Trinajstić information content (AvgIpc) is 2.97. The van der Waals surface area contributed by atoms with Gasteiger partial charge in [-0.25, -0.2) is 0 Å². The molecule has 0 saturated carbocycles. The Hall–Kier alpha value is -2.65. The molecule has 0 radical (unpaired) electrons. The van der Waals surface area contributed by atoms with Gasteiger partial charge in [-0.3, -0.25) is 4.79 Å². The zero-order valence-corrected chi connectivity index (χ0v) is 17.5. The van der Waals surface area contributed by atoms with E-state index in [2.05, 4.69) is 63.3 Å². The van der Waals surface area contributed by atoms with Crippen molar-refractivity contribution in [1.29, 1.82) is 0 Å². The summed E-state index contributed by atoms with van der Waals surface area (Å²) in [7, 11) is 1.93. The molecule has 2 atom stereocenters. The van der Waals surface area contributed by atoms with Crippen LogP contribution in [0.15, 0.2) is 60.7 Å². The van der Waals surface area contributed by atoms with Crippen LogP contribution in [0.5, 0.6) is 0 Å². The SMILES string of the molecule is CCNC.Cc1ccc2c(c1)C(C)C(C)N2C(=O)c1ccc2ccccc2c1. The Morgan fingerprint density at radius 1 is 1.00 bits per heavy atom. The lowest BCUT2D eigenvalue weighted by atomic mass is 9.97. The first-order valence-corrected chi connectivity index (χ1v) is 10.1. The van der Waals surface area contributed by atoms with E-state index in [1.165, 1.54) is 11.1 Å². The van der Waals surface area contributed by atoms with Gasteiger partial charge in [0.25, 0.3) is 5.91 Å². The van der Waals surface area contributed by atoms with E-state index in [9.17, 15) is 4.79 Å². The average molecular weight is 375 g/mol. The molecule has 3 heteroatoms. The van der Waals surface area contributed by atoms with E-state index in [1.807, 2.05) is 42.3 Å². The Morgan fingerprint density at radius 2 is 1.68 bits per heavy atom.